The van der Waals surface area contributed by atoms with Crippen LogP contribution in [0.15, 0.2) is 72.1 Å². The van der Waals surface area contributed by atoms with Gasteiger partial charge < -0.3 is 14.4 Å². The molecule has 1 amide bonds. The number of methoxy groups -OCH3 is 1. The zero-order valence-corrected chi connectivity index (χ0v) is 19.8. The SMILES string of the molecule is COc1ccccc1CN(CC1CCCO1)C(=O)c1nc(-c2cccs2)n(-c2ccccc2)n1. The van der Waals surface area contributed by atoms with Crippen LogP contribution in [0.2, 0.25) is 0 Å². The summed E-state index contributed by atoms with van der Waals surface area (Å²) in [5, 5.41) is 6.66. The molecule has 4 aromatic rings. The largest absolute Gasteiger partial charge is 0.496 e. The van der Waals surface area contributed by atoms with Crippen molar-refractivity contribution in [3.63, 3.8) is 0 Å². The number of para-hydroxylation sites is 2. The molecule has 1 fully saturated rings. The van der Waals surface area contributed by atoms with Gasteiger partial charge in [0.1, 0.15) is 5.75 Å². The monoisotopic (exact) mass is 474 g/mol. The molecule has 0 bridgehead atoms. The lowest BCUT2D eigenvalue weighted by Crippen LogP contribution is -2.37. The van der Waals surface area contributed by atoms with Gasteiger partial charge in [-0.25, -0.2) is 9.67 Å². The molecule has 1 aliphatic heterocycles. The quantitative estimate of drug-likeness (QED) is 0.366. The van der Waals surface area contributed by atoms with E-state index in [1.165, 1.54) is 0 Å². The number of thiophene rings is 1. The third-order valence-corrected chi connectivity index (χ3v) is 6.70. The van der Waals surface area contributed by atoms with Gasteiger partial charge in [-0.1, -0.05) is 42.5 Å². The highest BCUT2D eigenvalue weighted by atomic mass is 32.1. The molecule has 0 spiro atoms. The third kappa shape index (κ3) is 4.73. The lowest BCUT2D eigenvalue weighted by molar-refractivity contribution is 0.0496. The Morgan fingerprint density at radius 2 is 1.97 bits per heavy atom. The predicted molar refractivity (Wildman–Crippen MR) is 131 cm³/mol. The van der Waals surface area contributed by atoms with Gasteiger partial charge in [0.25, 0.3) is 5.91 Å². The average molecular weight is 475 g/mol. The highest BCUT2D eigenvalue weighted by molar-refractivity contribution is 7.13. The van der Waals surface area contributed by atoms with Crippen LogP contribution in [0.3, 0.4) is 0 Å². The summed E-state index contributed by atoms with van der Waals surface area (Å²) in [5.74, 6) is 1.34. The third-order valence-electron chi connectivity index (χ3n) is 5.83. The van der Waals surface area contributed by atoms with Gasteiger partial charge in [-0.2, -0.15) is 0 Å². The number of carbonyl (C=O) groups is 1. The maximum Gasteiger partial charge on any atom is 0.293 e. The van der Waals surface area contributed by atoms with Crippen molar-refractivity contribution >= 4 is 17.2 Å². The number of benzene rings is 2. The van der Waals surface area contributed by atoms with Crippen LogP contribution in [-0.4, -0.2) is 51.9 Å². The van der Waals surface area contributed by atoms with Gasteiger partial charge in [0.05, 0.1) is 23.8 Å². The number of hydrogen-bond donors (Lipinski definition) is 0. The Bertz CT molecular complexity index is 1230. The molecular formula is C26H26N4O3S. The van der Waals surface area contributed by atoms with Gasteiger partial charge >= 0.3 is 0 Å². The van der Waals surface area contributed by atoms with Gasteiger partial charge in [-0.05, 0) is 42.5 Å². The minimum absolute atomic E-state index is 0.00614. The molecular weight excluding hydrogens is 448 g/mol. The molecule has 2 aromatic carbocycles. The van der Waals surface area contributed by atoms with E-state index in [2.05, 4.69) is 5.10 Å². The average Bonchev–Trinajstić information content (AvgIpc) is 3.66. The minimum atomic E-state index is -0.228. The number of carbonyl (C=O) groups excluding carboxylic acids is 1. The Morgan fingerprint density at radius 3 is 2.71 bits per heavy atom. The van der Waals surface area contributed by atoms with Crippen LogP contribution in [-0.2, 0) is 11.3 Å². The summed E-state index contributed by atoms with van der Waals surface area (Å²) in [4.78, 5) is 21.2. The van der Waals surface area contributed by atoms with Crippen molar-refractivity contribution in [3.05, 3.63) is 83.5 Å². The highest BCUT2D eigenvalue weighted by Crippen LogP contribution is 2.27. The number of hydrogen-bond acceptors (Lipinski definition) is 6. The van der Waals surface area contributed by atoms with E-state index in [0.29, 0.717) is 18.9 Å². The van der Waals surface area contributed by atoms with Gasteiger partial charge in [0.2, 0.25) is 5.82 Å². The fourth-order valence-electron chi connectivity index (χ4n) is 4.15. The number of aromatic nitrogens is 3. The number of rotatable bonds is 8. The van der Waals surface area contributed by atoms with E-state index in [9.17, 15) is 4.79 Å². The highest BCUT2D eigenvalue weighted by Gasteiger charge is 2.28. The molecule has 5 rings (SSSR count). The molecule has 8 heteroatoms. The van der Waals surface area contributed by atoms with Crippen molar-refractivity contribution in [1.82, 2.24) is 19.7 Å². The van der Waals surface area contributed by atoms with E-state index in [-0.39, 0.29) is 17.8 Å². The topological polar surface area (TPSA) is 69.5 Å². The fourth-order valence-corrected chi connectivity index (χ4v) is 4.85. The van der Waals surface area contributed by atoms with E-state index >= 15 is 0 Å². The van der Waals surface area contributed by atoms with Crippen molar-refractivity contribution in [2.24, 2.45) is 0 Å². The Kier molecular flexibility index (Phi) is 6.69. The van der Waals surface area contributed by atoms with Crippen molar-refractivity contribution in [2.45, 2.75) is 25.5 Å². The molecule has 0 N–H and O–H groups in total. The molecule has 2 aromatic heterocycles. The van der Waals surface area contributed by atoms with E-state index in [4.69, 9.17) is 14.5 Å². The van der Waals surface area contributed by atoms with Crippen LogP contribution in [0.25, 0.3) is 16.4 Å². The zero-order chi connectivity index (χ0) is 23.3. The van der Waals surface area contributed by atoms with Crippen molar-refractivity contribution in [2.75, 3.05) is 20.3 Å². The van der Waals surface area contributed by atoms with Crippen molar-refractivity contribution in [3.8, 4) is 22.1 Å². The van der Waals surface area contributed by atoms with Crippen molar-refractivity contribution < 1.29 is 14.3 Å². The first-order valence-corrected chi connectivity index (χ1v) is 12.2. The lowest BCUT2D eigenvalue weighted by atomic mass is 10.1. The maximum atomic E-state index is 13.8. The van der Waals surface area contributed by atoms with Gasteiger partial charge in [0.15, 0.2) is 5.82 Å². The molecule has 174 valence electrons. The van der Waals surface area contributed by atoms with Crippen LogP contribution in [0.4, 0.5) is 0 Å². The summed E-state index contributed by atoms with van der Waals surface area (Å²) in [5.41, 5.74) is 1.78. The van der Waals surface area contributed by atoms with E-state index in [0.717, 1.165) is 41.3 Å². The Labute approximate surface area is 202 Å². The second-order valence-corrected chi connectivity index (χ2v) is 9.06. The van der Waals surface area contributed by atoms with Crippen LogP contribution in [0, 0.1) is 0 Å². The second kappa shape index (κ2) is 10.2. The van der Waals surface area contributed by atoms with Crippen LogP contribution >= 0.6 is 11.3 Å². The second-order valence-electron chi connectivity index (χ2n) is 8.12. The normalized spacial score (nSPS) is 15.4. The molecule has 0 radical (unpaired) electrons. The van der Waals surface area contributed by atoms with Crippen molar-refractivity contribution in [1.29, 1.82) is 0 Å². The summed E-state index contributed by atoms with van der Waals surface area (Å²) in [6.07, 6.45) is 1.94. The van der Waals surface area contributed by atoms with E-state index in [1.807, 2.05) is 72.1 Å². The van der Waals surface area contributed by atoms with Gasteiger partial charge in [-0.15, -0.1) is 16.4 Å². The molecule has 1 aliphatic rings. The molecule has 7 nitrogen and oxygen atoms in total. The predicted octanol–water partition coefficient (Wildman–Crippen LogP) is 4.83. The Balaban J connectivity index is 1.51. The molecule has 1 atom stereocenters. The van der Waals surface area contributed by atoms with E-state index < -0.39 is 0 Å². The number of ether oxygens (including phenoxy) is 2. The summed E-state index contributed by atoms with van der Waals surface area (Å²) >= 11 is 1.57. The fraction of sp³-hybridized carbons (Fsp3) is 0.269. The van der Waals surface area contributed by atoms with Crippen LogP contribution in [0.5, 0.6) is 5.75 Å². The molecule has 1 unspecified atom stereocenters. The lowest BCUT2D eigenvalue weighted by Gasteiger charge is -2.25. The molecule has 3 heterocycles. The van der Waals surface area contributed by atoms with Gasteiger partial charge in [0, 0.05) is 25.3 Å². The minimum Gasteiger partial charge on any atom is -0.496 e. The molecule has 0 aliphatic carbocycles. The number of nitrogens with zero attached hydrogens (tertiary/aromatic N) is 4. The first kappa shape index (κ1) is 22.3. The number of amides is 1. The summed E-state index contributed by atoms with van der Waals surface area (Å²) < 4.78 is 13.1. The zero-order valence-electron chi connectivity index (χ0n) is 19.0. The Morgan fingerprint density at radius 1 is 1.15 bits per heavy atom. The molecule has 0 saturated carbocycles. The van der Waals surface area contributed by atoms with E-state index in [1.54, 1.807) is 28.0 Å². The van der Waals surface area contributed by atoms with Crippen LogP contribution in [0.1, 0.15) is 29.0 Å². The summed E-state index contributed by atoms with van der Waals surface area (Å²) in [6.45, 7) is 1.59. The molecule has 1 saturated heterocycles. The summed E-state index contributed by atoms with van der Waals surface area (Å²) in [6, 6.07) is 21.5. The Hall–Kier alpha value is -3.49. The van der Waals surface area contributed by atoms with Crippen LogP contribution < -0.4 is 4.74 Å². The first-order chi connectivity index (χ1) is 16.7. The summed E-state index contributed by atoms with van der Waals surface area (Å²) in [7, 11) is 1.64. The van der Waals surface area contributed by atoms with Gasteiger partial charge in [-0.3, -0.25) is 4.79 Å². The standard InChI is InChI=1S/C26H26N4O3S/c1-32-22-13-6-5-9-19(22)17-29(18-21-12-7-15-33-21)26(31)24-27-25(23-14-8-16-34-23)30(28-24)20-10-3-2-4-11-20/h2-6,8-11,13-14,16,21H,7,12,15,17-18H2,1H3. The first-order valence-electron chi connectivity index (χ1n) is 11.3. The molecule has 34 heavy (non-hydrogen) atoms. The maximum absolute atomic E-state index is 13.8. The smallest absolute Gasteiger partial charge is 0.293 e.